The summed E-state index contributed by atoms with van der Waals surface area (Å²) < 4.78 is 0. The van der Waals surface area contributed by atoms with Gasteiger partial charge in [0.1, 0.15) is 5.82 Å². The van der Waals surface area contributed by atoms with Crippen LogP contribution in [0, 0.1) is 10.1 Å². The fourth-order valence-corrected chi connectivity index (χ4v) is 1.89. The zero-order valence-electron chi connectivity index (χ0n) is 10.2. The Morgan fingerprint density at radius 2 is 2.16 bits per heavy atom. The summed E-state index contributed by atoms with van der Waals surface area (Å²) >= 11 is 5.93. The summed E-state index contributed by atoms with van der Waals surface area (Å²) in [6, 6.07) is 10.1. The molecule has 1 unspecified atom stereocenters. The van der Waals surface area contributed by atoms with Crippen molar-refractivity contribution in [3.05, 3.63) is 63.3 Å². The Balaban J connectivity index is 2.17. The number of pyridine rings is 1. The third-order valence-corrected chi connectivity index (χ3v) is 2.90. The third-order valence-electron chi connectivity index (χ3n) is 2.67. The van der Waals surface area contributed by atoms with Crippen molar-refractivity contribution in [3.8, 4) is 0 Å². The zero-order chi connectivity index (χ0) is 13.8. The molecule has 1 N–H and O–H groups in total. The summed E-state index contributed by atoms with van der Waals surface area (Å²) in [6.07, 6.45) is 1.41. The maximum atomic E-state index is 10.7. The second-order valence-electron chi connectivity index (χ2n) is 4.08. The quantitative estimate of drug-likeness (QED) is 0.681. The number of hydrogen-bond acceptors (Lipinski definition) is 4. The minimum absolute atomic E-state index is 0.00999. The molecule has 0 spiro atoms. The maximum absolute atomic E-state index is 10.7. The second-order valence-corrected chi connectivity index (χ2v) is 4.51. The topological polar surface area (TPSA) is 68.1 Å². The lowest BCUT2D eigenvalue weighted by Crippen LogP contribution is -2.08. The molecule has 1 aromatic carbocycles. The van der Waals surface area contributed by atoms with Gasteiger partial charge in [0.25, 0.3) is 5.69 Å². The highest BCUT2D eigenvalue weighted by atomic mass is 35.5. The summed E-state index contributed by atoms with van der Waals surface area (Å²) in [7, 11) is 0. The highest BCUT2D eigenvalue weighted by molar-refractivity contribution is 6.30. The van der Waals surface area contributed by atoms with E-state index in [2.05, 4.69) is 10.3 Å². The number of halogens is 1. The van der Waals surface area contributed by atoms with Crippen molar-refractivity contribution in [2.45, 2.75) is 13.0 Å². The van der Waals surface area contributed by atoms with E-state index in [4.69, 9.17) is 11.6 Å². The standard InChI is InChI=1S/C13H12ClN3O2/c1-9(10-3-2-4-11(14)7-10)16-13-8-12(17(18)19)5-6-15-13/h2-9H,1H3,(H,15,16). The molecule has 0 aliphatic carbocycles. The fourth-order valence-electron chi connectivity index (χ4n) is 1.69. The van der Waals surface area contributed by atoms with Crippen molar-refractivity contribution in [1.82, 2.24) is 4.98 Å². The van der Waals surface area contributed by atoms with Gasteiger partial charge in [0, 0.05) is 23.3 Å². The van der Waals surface area contributed by atoms with Crippen molar-refractivity contribution in [2.75, 3.05) is 5.32 Å². The third kappa shape index (κ3) is 3.42. The molecule has 0 bridgehead atoms. The van der Waals surface area contributed by atoms with Gasteiger partial charge in [-0.1, -0.05) is 23.7 Å². The Morgan fingerprint density at radius 3 is 2.84 bits per heavy atom. The largest absolute Gasteiger partial charge is 0.363 e. The molecule has 0 aliphatic rings. The summed E-state index contributed by atoms with van der Waals surface area (Å²) in [6.45, 7) is 1.94. The van der Waals surface area contributed by atoms with Crippen LogP contribution in [0.4, 0.5) is 11.5 Å². The SMILES string of the molecule is CC(Nc1cc([N+](=O)[O-])ccn1)c1cccc(Cl)c1. The fraction of sp³-hybridized carbons (Fsp3) is 0.154. The van der Waals surface area contributed by atoms with Crippen LogP contribution in [0.25, 0.3) is 0 Å². The first kappa shape index (κ1) is 13.3. The molecule has 5 nitrogen and oxygen atoms in total. The van der Waals surface area contributed by atoms with Gasteiger partial charge in [0.2, 0.25) is 0 Å². The Morgan fingerprint density at radius 1 is 1.37 bits per heavy atom. The minimum Gasteiger partial charge on any atom is -0.363 e. The van der Waals surface area contributed by atoms with Gasteiger partial charge < -0.3 is 5.32 Å². The number of rotatable bonds is 4. The molecule has 2 aromatic rings. The van der Waals surface area contributed by atoms with E-state index in [9.17, 15) is 10.1 Å². The predicted octanol–water partition coefficient (Wildman–Crippen LogP) is 3.82. The molecular formula is C13H12ClN3O2. The van der Waals surface area contributed by atoms with E-state index in [0.29, 0.717) is 10.8 Å². The lowest BCUT2D eigenvalue weighted by atomic mass is 10.1. The lowest BCUT2D eigenvalue weighted by molar-refractivity contribution is -0.384. The molecule has 1 atom stereocenters. The average molecular weight is 278 g/mol. The van der Waals surface area contributed by atoms with Crippen LogP contribution in [0.1, 0.15) is 18.5 Å². The molecule has 0 radical (unpaired) electrons. The number of anilines is 1. The molecule has 0 aliphatic heterocycles. The Hall–Kier alpha value is -2.14. The number of nitrogens with one attached hydrogen (secondary N) is 1. The number of hydrogen-bond donors (Lipinski definition) is 1. The Kier molecular flexibility index (Phi) is 3.97. The van der Waals surface area contributed by atoms with Gasteiger partial charge in [0.15, 0.2) is 0 Å². The highest BCUT2D eigenvalue weighted by Gasteiger charge is 2.10. The van der Waals surface area contributed by atoms with E-state index in [1.807, 2.05) is 25.1 Å². The van der Waals surface area contributed by atoms with E-state index in [1.54, 1.807) is 6.07 Å². The second kappa shape index (κ2) is 5.67. The van der Waals surface area contributed by atoms with Crippen LogP contribution in [0.2, 0.25) is 5.02 Å². The van der Waals surface area contributed by atoms with Crippen molar-refractivity contribution in [1.29, 1.82) is 0 Å². The molecule has 19 heavy (non-hydrogen) atoms. The molecule has 1 heterocycles. The monoisotopic (exact) mass is 277 g/mol. The summed E-state index contributed by atoms with van der Waals surface area (Å²) in [5, 5.41) is 14.4. The van der Waals surface area contributed by atoms with E-state index < -0.39 is 4.92 Å². The van der Waals surface area contributed by atoms with Crippen LogP contribution >= 0.6 is 11.6 Å². The number of nitrogens with zero attached hydrogens (tertiary/aromatic N) is 2. The maximum Gasteiger partial charge on any atom is 0.274 e. The Labute approximate surface area is 115 Å². The van der Waals surface area contributed by atoms with Gasteiger partial charge in [0.05, 0.1) is 11.0 Å². The van der Waals surface area contributed by atoms with Crippen LogP contribution in [0.15, 0.2) is 42.6 Å². The summed E-state index contributed by atoms with van der Waals surface area (Å²) in [5.74, 6) is 0.460. The van der Waals surface area contributed by atoms with Crippen molar-refractivity contribution in [2.24, 2.45) is 0 Å². The van der Waals surface area contributed by atoms with Crippen LogP contribution in [-0.4, -0.2) is 9.91 Å². The number of aromatic nitrogens is 1. The van der Waals surface area contributed by atoms with Crippen LogP contribution < -0.4 is 5.32 Å². The van der Waals surface area contributed by atoms with Crippen LogP contribution in [0.3, 0.4) is 0 Å². The van der Waals surface area contributed by atoms with Gasteiger partial charge >= 0.3 is 0 Å². The number of nitro groups is 1. The summed E-state index contributed by atoms with van der Waals surface area (Å²) in [5.41, 5.74) is 0.997. The zero-order valence-corrected chi connectivity index (χ0v) is 11.0. The molecule has 0 saturated carbocycles. The van der Waals surface area contributed by atoms with Gasteiger partial charge in [-0.05, 0) is 24.6 Å². The van der Waals surface area contributed by atoms with E-state index >= 15 is 0 Å². The van der Waals surface area contributed by atoms with Crippen molar-refractivity contribution < 1.29 is 4.92 Å². The molecule has 0 fully saturated rings. The van der Waals surface area contributed by atoms with Crippen LogP contribution in [-0.2, 0) is 0 Å². The summed E-state index contributed by atoms with van der Waals surface area (Å²) in [4.78, 5) is 14.3. The molecule has 1 aromatic heterocycles. The van der Waals surface area contributed by atoms with Gasteiger partial charge in [-0.15, -0.1) is 0 Å². The lowest BCUT2D eigenvalue weighted by Gasteiger charge is -2.14. The highest BCUT2D eigenvalue weighted by Crippen LogP contribution is 2.22. The van der Waals surface area contributed by atoms with E-state index in [1.165, 1.54) is 18.3 Å². The van der Waals surface area contributed by atoms with Crippen LogP contribution in [0.5, 0.6) is 0 Å². The van der Waals surface area contributed by atoms with Crippen molar-refractivity contribution >= 4 is 23.1 Å². The Bertz CT molecular complexity index is 604. The smallest absolute Gasteiger partial charge is 0.274 e. The first-order valence-corrected chi connectivity index (χ1v) is 6.06. The molecule has 0 amide bonds. The minimum atomic E-state index is -0.448. The first-order chi connectivity index (χ1) is 9.06. The molecule has 2 rings (SSSR count). The molecule has 98 valence electrons. The number of benzene rings is 1. The average Bonchev–Trinajstić information content (AvgIpc) is 2.39. The van der Waals surface area contributed by atoms with E-state index in [0.717, 1.165) is 5.56 Å². The van der Waals surface area contributed by atoms with Crippen molar-refractivity contribution in [3.63, 3.8) is 0 Å². The van der Waals surface area contributed by atoms with E-state index in [-0.39, 0.29) is 11.7 Å². The molecule has 6 heteroatoms. The molecule has 0 saturated heterocycles. The van der Waals surface area contributed by atoms with Gasteiger partial charge in [-0.25, -0.2) is 4.98 Å². The first-order valence-electron chi connectivity index (χ1n) is 5.68. The predicted molar refractivity (Wildman–Crippen MR) is 74.4 cm³/mol. The van der Waals surface area contributed by atoms with Gasteiger partial charge in [-0.2, -0.15) is 0 Å². The van der Waals surface area contributed by atoms with Gasteiger partial charge in [-0.3, -0.25) is 10.1 Å². The molecular weight excluding hydrogens is 266 g/mol. The normalized spacial score (nSPS) is 11.9.